The highest BCUT2D eigenvalue weighted by Crippen LogP contribution is 2.35. The molecular weight excluding hydrogens is 441 g/mol. The zero-order valence-corrected chi connectivity index (χ0v) is 17.3. The van der Waals surface area contributed by atoms with E-state index in [1.54, 1.807) is 0 Å². The predicted molar refractivity (Wildman–Crippen MR) is 108 cm³/mol. The van der Waals surface area contributed by atoms with Gasteiger partial charge in [0.1, 0.15) is 6.54 Å². The van der Waals surface area contributed by atoms with Crippen LogP contribution in [0.1, 0.15) is 29.3 Å². The highest BCUT2D eigenvalue weighted by atomic mass is 35.5. The van der Waals surface area contributed by atoms with Gasteiger partial charge in [-0.25, -0.2) is 4.68 Å². The van der Waals surface area contributed by atoms with Gasteiger partial charge in [0.05, 0.1) is 21.7 Å². The molecule has 2 aromatic heterocycles. The molecule has 158 valence electrons. The van der Waals surface area contributed by atoms with Crippen molar-refractivity contribution in [3.63, 3.8) is 0 Å². The summed E-state index contributed by atoms with van der Waals surface area (Å²) in [7, 11) is 0. The van der Waals surface area contributed by atoms with Crippen LogP contribution < -0.4 is 10.9 Å². The lowest BCUT2D eigenvalue weighted by molar-refractivity contribution is -0.137. The van der Waals surface area contributed by atoms with Gasteiger partial charge in [-0.1, -0.05) is 23.7 Å². The van der Waals surface area contributed by atoms with Crippen LogP contribution >= 0.6 is 22.9 Å². The van der Waals surface area contributed by atoms with Crippen LogP contribution in [0, 0.1) is 5.92 Å². The monoisotopic (exact) mass is 456 g/mol. The first-order valence-electron chi connectivity index (χ1n) is 9.18. The highest BCUT2D eigenvalue weighted by Gasteiger charge is 2.31. The van der Waals surface area contributed by atoms with E-state index in [-0.39, 0.29) is 10.7 Å². The molecule has 30 heavy (non-hydrogen) atoms. The van der Waals surface area contributed by atoms with E-state index in [4.69, 9.17) is 11.6 Å². The molecule has 1 N–H and O–H groups in total. The maximum Gasteiger partial charge on any atom is 0.416 e. The first kappa shape index (κ1) is 20.8. The minimum atomic E-state index is -4.58. The van der Waals surface area contributed by atoms with Crippen molar-refractivity contribution in [2.75, 3.05) is 5.32 Å². The number of nitrogens with one attached hydrogen (secondary N) is 1. The molecule has 1 aliphatic rings. The normalized spacial score (nSPS) is 16.5. The summed E-state index contributed by atoms with van der Waals surface area (Å²) in [5.41, 5.74) is -0.611. The molecule has 3 aromatic rings. The first-order valence-corrected chi connectivity index (χ1v) is 10.4. The van der Waals surface area contributed by atoms with Gasteiger partial charge in [-0.15, -0.1) is 16.4 Å². The Hall–Kier alpha value is -2.46. The maximum atomic E-state index is 12.9. The molecule has 11 heteroatoms. The molecule has 0 radical (unpaired) electrons. The molecule has 1 atom stereocenters. The fraction of sp³-hybridized carbons (Fsp3) is 0.368. The third-order valence-corrected chi connectivity index (χ3v) is 6.51. The zero-order valence-electron chi connectivity index (χ0n) is 15.7. The predicted octanol–water partition coefficient (Wildman–Crippen LogP) is 4.29. The van der Waals surface area contributed by atoms with Crippen molar-refractivity contribution in [1.29, 1.82) is 0 Å². The van der Waals surface area contributed by atoms with E-state index in [1.807, 2.05) is 0 Å². The van der Waals surface area contributed by atoms with Gasteiger partial charge in [0.25, 0.3) is 5.56 Å². The second-order valence-electron chi connectivity index (χ2n) is 7.32. The maximum absolute atomic E-state index is 12.9. The van der Waals surface area contributed by atoms with Crippen molar-refractivity contribution in [1.82, 2.24) is 15.0 Å². The van der Waals surface area contributed by atoms with Crippen LogP contribution in [0.4, 0.5) is 18.9 Å². The minimum Gasteiger partial charge on any atom is -0.323 e. The minimum absolute atomic E-state index is 0.0498. The molecule has 0 unspecified atom stereocenters. The number of rotatable bonds is 3. The summed E-state index contributed by atoms with van der Waals surface area (Å²) in [5.74, 6) is -0.201. The zero-order chi connectivity index (χ0) is 21.6. The number of alkyl halides is 3. The van der Waals surface area contributed by atoms with E-state index in [9.17, 15) is 22.8 Å². The number of aryl methyl sites for hydroxylation is 1. The van der Waals surface area contributed by atoms with E-state index in [0.717, 1.165) is 52.6 Å². The summed E-state index contributed by atoms with van der Waals surface area (Å²) in [6.07, 6.45) is -1.96. The number of anilines is 1. The van der Waals surface area contributed by atoms with Gasteiger partial charge >= 0.3 is 6.18 Å². The molecule has 2 heterocycles. The summed E-state index contributed by atoms with van der Waals surface area (Å²) in [6, 6.07) is 2.62. The molecule has 1 aromatic carbocycles. The number of carbonyl (C=O) groups excluding carboxylic acids is 1. The SMILES string of the molecule is C[C@@H]1CCc2c(sc3nnn(CC(=O)Nc4cc(C(F)(F)F)ccc4Cl)c(=O)c23)C1. The second kappa shape index (κ2) is 7.66. The lowest BCUT2D eigenvalue weighted by atomic mass is 9.89. The van der Waals surface area contributed by atoms with Crippen LogP contribution in [0.25, 0.3) is 10.2 Å². The van der Waals surface area contributed by atoms with Gasteiger partial charge in [-0.3, -0.25) is 9.59 Å². The third-order valence-electron chi connectivity index (χ3n) is 5.05. The Bertz CT molecular complexity index is 1200. The van der Waals surface area contributed by atoms with Crippen molar-refractivity contribution >= 4 is 44.7 Å². The lowest BCUT2D eigenvalue weighted by Crippen LogP contribution is -2.30. The van der Waals surface area contributed by atoms with Crippen LogP contribution in [-0.4, -0.2) is 20.9 Å². The van der Waals surface area contributed by atoms with Crippen LogP contribution in [-0.2, 0) is 30.4 Å². The van der Waals surface area contributed by atoms with Gasteiger partial charge in [0, 0.05) is 4.88 Å². The standard InChI is InChI=1S/C19H16ClF3N4O2S/c1-9-2-4-11-14(6-9)30-17-16(11)18(29)27(26-25-17)8-15(28)24-13-7-10(19(21,22)23)3-5-12(13)20/h3,5,7,9H,2,4,6,8H2,1H3,(H,24,28)/t9-/m1/s1. The van der Waals surface area contributed by atoms with Crippen molar-refractivity contribution < 1.29 is 18.0 Å². The number of aromatic nitrogens is 3. The van der Waals surface area contributed by atoms with E-state index in [2.05, 4.69) is 22.6 Å². The number of hydrogen-bond acceptors (Lipinski definition) is 5. The number of nitrogens with zero attached hydrogens (tertiary/aromatic N) is 3. The molecule has 1 amide bonds. The van der Waals surface area contributed by atoms with Crippen LogP contribution in [0.5, 0.6) is 0 Å². The van der Waals surface area contributed by atoms with Gasteiger partial charge in [0.15, 0.2) is 4.83 Å². The molecule has 0 aliphatic heterocycles. The van der Waals surface area contributed by atoms with Crippen molar-refractivity contribution in [3.8, 4) is 0 Å². The Kier molecular flexibility index (Phi) is 5.31. The summed E-state index contributed by atoms with van der Waals surface area (Å²) in [5, 5.41) is 10.6. The molecule has 4 rings (SSSR count). The van der Waals surface area contributed by atoms with Gasteiger partial charge in [0.2, 0.25) is 5.91 Å². The Labute approximate surface area is 177 Å². The third kappa shape index (κ3) is 3.93. The topological polar surface area (TPSA) is 76.9 Å². The van der Waals surface area contributed by atoms with Crippen molar-refractivity contribution in [2.45, 2.75) is 38.9 Å². The average Bonchev–Trinajstić information content (AvgIpc) is 3.03. The Morgan fingerprint density at radius 1 is 1.40 bits per heavy atom. The molecule has 1 aliphatic carbocycles. The molecule has 0 saturated heterocycles. The van der Waals surface area contributed by atoms with E-state index in [1.165, 1.54) is 11.3 Å². The number of hydrogen-bond donors (Lipinski definition) is 1. The Morgan fingerprint density at radius 3 is 2.90 bits per heavy atom. The molecule has 0 spiro atoms. The number of fused-ring (bicyclic) bond motifs is 3. The van der Waals surface area contributed by atoms with E-state index >= 15 is 0 Å². The van der Waals surface area contributed by atoms with Crippen LogP contribution in [0.3, 0.4) is 0 Å². The molecule has 0 bridgehead atoms. The number of halogens is 4. The number of carbonyl (C=O) groups is 1. The average molecular weight is 457 g/mol. The molecule has 6 nitrogen and oxygen atoms in total. The molecular formula is C19H16ClF3N4O2S. The van der Waals surface area contributed by atoms with Crippen molar-refractivity contribution in [3.05, 3.63) is 49.6 Å². The van der Waals surface area contributed by atoms with E-state index < -0.39 is 29.8 Å². The largest absolute Gasteiger partial charge is 0.416 e. The van der Waals surface area contributed by atoms with Crippen LogP contribution in [0.2, 0.25) is 5.02 Å². The highest BCUT2D eigenvalue weighted by molar-refractivity contribution is 7.18. The van der Waals surface area contributed by atoms with Gasteiger partial charge in [-0.2, -0.15) is 13.2 Å². The van der Waals surface area contributed by atoms with Gasteiger partial charge < -0.3 is 5.32 Å². The summed E-state index contributed by atoms with van der Waals surface area (Å²) in [4.78, 5) is 26.9. The lowest BCUT2D eigenvalue weighted by Gasteiger charge is -2.17. The number of amides is 1. The fourth-order valence-electron chi connectivity index (χ4n) is 3.52. The van der Waals surface area contributed by atoms with Crippen LogP contribution in [0.15, 0.2) is 23.0 Å². The smallest absolute Gasteiger partial charge is 0.323 e. The Morgan fingerprint density at radius 2 is 2.17 bits per heavy atom. The number of thiophene rings is 1. The van der Waals surface area contributed by atoms with Gasteiger partial charge in [-0.05, 0) is 48.9 Å². The summed E-state index contributed by atoms with van der Waals surface area (Å²) in [6.45, 7) is 1.66. The van der Waals surface area contributed by atoms with E-state index in [0.29, 0.717) is 16.1 Å². The molecule has 0 fully saturated rings. The fourth-order valence-corrected chi connectivity index (χ4v) is 5.00. The second-order valence-corrected chi connectivity index (χ2v) is 8.82. The first-order chi connectivity index (χ1) is 14.1. The summed E-state index contributed by atoms with van der Waals surface area (Å²) < 4.78 is 39.6. The quantitative estimate of drug-likeness (QED) is 0.638. The number of benzene rings is 1. The molecule has 0 saturated carbocycles. The Balaban J connectivity index is 1.60. The summed E-state index contributed by atoms with van der Waals surface area (Å²) >= 11 is 7.34. The van der Waals surface area contributed by atoms with Crippen molar-refractivity contribution in [2.24, 2.45) is 5.92 Å².